The van der Waals surface area contributed by atoms with E-state index in [9.17, 15) is 4.79 Å². The summed E-state index contributed by atoms with van der Waals surface area (Å²) in [5.41, 5.74) is 2.52. The summed E-state index contributed by atoms with van der Waals surface area (Å²) in [7, 11) is 0. The van der Waals surface area contributed by atoms with Crippen LogP contribution in [0.25, 0.3) is 0 Å². The second kappa shape index (κ2) is 6.41. The normalized spacial score (nSPS) is 26.8. The van der Waals surface area contributed by atoms with E-state index in [4.69, 9.17) is 0 Å². The maximum absolute atomic E-state index is 12.4. The molecule has 0 bridgehead atoms. The Kier molecular flexibility index (Phi) is 4.55. The smallest absolute Gasteiger partial charge is 0.236 e. The summed E-state index contributed by atoms with van der Waals surface area (Å²) in [6.07, 6.45) is 2.61. The summed E-state index contributed by atoms with van der Waals surface area (Å²) < 4.78 is 0. The highest BCUT2D eigenvalue weighted by Gasteiger charge is 2.38. The number of carbonyl (C=O) groups is 1. The van der Waals surface area contributed by atoms with Gasteiger partial charge in [0.2, 0.25) is 5.91 Å². The van der Waals surface area contributed by atoms with Crippen molar-refractivity contribution in [1.82, 2.24) is 9.80 Å². The minimum atomic E-state index is 0.0786. The molecule has 2 aliphatic heterocycles. The van der Waals surface area contributed by atoms with Crippen LogP contribution in [0.15, 0.2) is 24.3 Å². The molecule has 1 aromatic rings. The Morgan fingerprint density at radius 2 is 1.81 bits per heavy atom. The molecule has 21 heavy (non-hydrogen) atoms. The zero-order chi connectivity index (χ0) is 14.8. The zero-order valence-electron chi connectivity index (χ0n) is 12.9. The molecule has 2 fully saturated rings. The van der Waals surface area contributed by atoms with Crippen molar-refractivity contribution in [3.8, 4) is 0 Å². The Hall–Kier alpha value is -1.00. The first-order chi connectivity index (χ1) is 10.1. The molecule has 0 unspecified atom stereocenters. The van der Waals surface area contributed by atoms with Gasteiger partial charge in [-0.05, 0) is 45.3 Å². The van der Waals surface area contributed by atoms with Crippen molar-refractivity contribution in [2.45, 2.75) is 37.3 Å². The molecule has 3 rings (SSSR count). The van der Waals surface area contributed by atoms with Gasteiger partial charge < -0.3 is 9.80 Å². The van der Waals surface area contributed by atoms with Gasteiger partial charge in [0.1, 0.15) is 5.37 Å². The van der Waals surface area contributed by atoms with Crippen molar-refractivity contribution in [2.75, 3.05) is 26.2 Å². The number of hydrogen-bond acceptors (Lipinski definition) is 3. The summed E-state index contributed by atoms with van der Waals surface area (Å²) in [5.74, 6) is 0.296. The van der Waals surface area contributed by atoms with Crippen molar-refractivity contribution < 1.29 is 4.79 Å². The number of amides is 1. The first-order valence-electron chi connectivity index (χ1n) is 7.90. The third-order valence-electron chi connectivity index (χ3n) is 4.47. The average Bonchev–Trinajstić information content (AvgIpc) is 3.08. The SMILES string of the molecule is Cc1ccc([C@@H]2S[C@@H](C)C(=O)N2CCN2CCCC2)cc1. The topological polar surface area (TPSA) is 23.6 Å². The van der Waals surface area contributed by atoms with E-state index in [1.807, 2.05) is 6.92 Å². The van der Waals surface area contributed by atoms with Gasteiger partial charge in [-0.1, -0.05) is 29.8 Å². The molecule has 1 aromatic carbocycles. The predicted molar refractivity (Wildman–Crippen MR) is 88.4 cm³/mol. The Morgan fingerprint density at radius 1 is 1.14 bits per heavy atom. The van der Waals surface area contributed by atoms with Crippen LogP contribution in [0.4, 0.5) is 0 Å². The molecule has 0 saturated carbocycles. The van der Waals surface area contributed by atoms with Crippen molar-refractivity contribution >= 4 is 17.7 Å². The zero-order valence-corrected chi connectivity index (χ0v) is 13.7. The molecule has 3 nitrogen and oxygen atoms in total. The fourth-order valence-corrected chi connectivity index (χ4v) is 4.46. The number of thioether (sulfide) groups is 1. The molecule has 0 spiro atoms. The Labute approximate surface area is 131 Å². The second-order valence-electron chi connectivity index (χ2n) is 6.12. The highest BCUT2D eigenvalue weighted by molar-refractivity contribution is 8.01. The van der Waals surface area contributed by atoms with Crippen molar-refractivity contribution in [2.24, 2.45) is 0 Å². The van der Waals surface area contributed by atoms with Crippen LogP contribution >= 0.6 is 11.8 Å². The lowest BCUT2D eigenvalue weighted by atomic mass is 10.1. The summed E-state index contributed by atoms with van der Waals surface area (Å²) in [4.78, 5) is 17.0. The summed E-state index contributed by atoms with van der Waals surface area (Å²) in [6, 6.07) is 8.62. The monoisotopic (exact) mass is 304 g/mol. The largest absolute Gasteiger partial charge is 0.324 e. The van der Waals surface area contributed by atoms with E-state index >= 15 is 0 Å². The van der Waals surface area contributed by atoms with Gasteiger partial charge in [0.25, 0.3) is 0 Å². The van der Waals surface area contributed by atoms with Crippen LogP contribution in [-0.4, -0.2) is 47.1 Å². The molecular formula is C17H24N2OS. The van der Waals surface area contributed by atoms with E-state index in [1.54, 1.807) is 11.8 Å². The summed E-state index contributed by atoms with van der Waals surface area (Å²) in [5, 5.41) is 0.269. The average molecular weight is 304 g/mol. The molecule has 0 aromatic heterocycles. The molecule has 2 atom stereocenters. The Morgan fingerprint density at radius 3 is 2.48 bits per heavy atom. The van der Waals surface area contributed by atoms with Crippen molar-refractivity contribution in [3.63, 3.8) is 0 Å². The minimum absolute atomic E-state index is 0.0786. The van der Waals surface area contributed by atoms with E-state index in [0.29, 0.717) is 5.91 Å². The summed E-state index contributed by atoms with van der Waals surface area (Å²) >= 11 is 1.78. The fraction of sp³-hybridized carbons (Fsp3) is 0.588. The van der Waals surface area contributed by atoms with Crippen LogP contribution in [0.5, 0.6) is 0 Å². The van der Waals surface area contributed by atoms with Crippen molar-refractivity contribution in [3.05, 3.63) is 35.4 Å². The highest BCUT2D eigenvalue weighted by Crippen LogP contribution is 2.42. The molecule has 2 saturated heterocycles. The molecule has 0 radical (unpaired) electrons. The molecule has 4 heteroatoms. The highest BCUT2D eigenvalue weighted by atomic mass is 32.2. The van der Waals surface area contributed by atoms with Crippen LogP contribution in [0.3, 0.4) is 0 Å². The molecular weight excluding hydrogens is 280 g/mol. The van der Waals surface area contributed by atoms with E-state index in [-0.39, 0.29) is 10.6 Å². The number of benzene rings is 1. The molecule has 2 aliphatic rings. The van der Waals surface area contributed by atoms with E-state index in [2.05, 4.69) is 41.0 Å². The number of nitrogens with zero attached hydrogens (tertiary/aromatic N) is 2. The van der Waals surface area contributed by atoms with Gasteiger partial charge in [0.15, 0.2) is 0 Å². The molecule has 1 amide bonds. The van der Waals surface area contributed by atoms with Gasteiger partial charge >= 0.3 is 0 Å². The second-order valence-corrected chi connectivity index (χ2v) is 7.55. The number of carbonyl (C=O) groups excluding carboxylic acids is 1. The standard InChI is InChI=1S/C17H24N2OS/c1-13-5-7-15(8-6-13)17-19(16(20)14(2)21-17)12-11-18-9-3-4-10-18/h5-8,14,17H,3-4,9-12H2,1-2H3/t14-,17-/m0/s1. The molecule has 0 aliphatic carbocycles. The van der Waals surface area contributed by atoms with Gasteiger partial charge in [0, 0.05) is 13.1 Å². The number of likely N-dealkylation sites (tertiary alicyclic amines) is 1. The van der Waals surface area contributed by atoms with Crippen LogP contribution in [0.2, 0.25) is 0 Å². The third kappa shape index (κ3) is 3.27. The van der Waals surface area contributed by atoms with Gasteiger partial charge in [-0.25, -0.2) is 0 Å². The number of aryl methyl sites for hydroxylation is 1. The molecule has 114 valence electrons. The Bertz CT molecular complexity index is 496. The third-order valence-corrected chi connectivity index (χ3v) is 5.86. The van der Waals surface area contributed by atoms with E-state index in [0.717, 1.165) is 13.1 Å². The van der Waals surface area contributed by atoms with E-state index in [1.165, 1.54) is 37.1 Å². The lowest BCUT2D eigenvalue weighted by Crippen LogP contribution is -2.37. The van der Waals surface area contributed by atoms with Crippen molar-refractivity contribution in [1.29, 1.82) is 0 Å². The molecule has 0 N–H and O–H groups in total. The van der Waals surface area contributed by atoms with Crippen LogP contribution in [-0.2, 0) is 4.79 Å². The maximum atomic E-state index is 12.4. The lowest BCUT2D eigenvalue weighted by molar-refractivity contribution is -0.130. The van der Waals surface area contributed by atoms with Crippen LogP contribution < -0.4 is 0 Å². The van der Waals surface area contributed by atoms with Gasteiger partial charge in [-0.15, -0.1) is 11.8 Å². The number of hydrogen-bond donors (Lipinski definition) is 0. The first kappa shape index (κ1) is 14.9. The minimum Gasteiger partial charge on any atom is -0.324 e. The van der Waals surface area contributed by atoms with Crippen LogP contribution in [0, 0.1) is 6.92 Å². The van der Waals surface area contributed by atoms with Crippen LogP contribution in [0.1, 0.15) is 36.3 Å². The fourth-order valence-electron chi connectivity index (χ4n) is 3.15. The number of rotatable bonds is 4. The lowest BCUT2D eigenvalue weighted by Gasteiger charge is -2.26. The predicted octanol–water partition coefficient (Wildman–Crippen LogP) is 3.05. The van der Waals surface area contributed by atoms with Gasteiger partial charge in [0.05, 0.1) is 5.25 Å². The summed E-state index contributed by atoms with van der Waals surface area (Å²) in [6.45, 7) is 8.39. The maximum Gasteiger partial charge on any atom is 0.236 e. The molecule has 2 heterocycles. The Balaban J connectivity index is 1.71. The van der Waals surface area contributed by atoms with E-state index < -0.39 is 0 Å². The first-order valence-corrected chi connectivity index (χ1v) is 8.84. The quantitative estimate of drug-likeness (QED) is 0.854. The van der Waals surface area contributed by atoms with Gasteiger partial charge in [-0.2, -0.15) is 0 Å². The van der Waals surface area contributed by atoms with Gasteiger partial charge in [-0.3, -0.25) is 4.79 Å².